The van der Waals surface area contributed by atoms with Crippen LogP contribution in [-0.2, 0) is 37.4 Å². The number of piperazine rings is 1. The van der Waals surface area contributed by atoms with Gasteiger partial charge in [-0.3, -0.25) is 19.9 Å². The number of hydrogen-bond donors (Lipinski definition) is 2. The van der Waals surface area contributed by atoms with E-state index in [1.807, 2.05) is 38.2 Å². The predicted octanol–water partition coefficient (Wildman–Crippen LogP) is 6.48. The molecule has 7 aliphatic heterocycles. The number of carbonyl (C=O) groups excluding carboxylic acids is 3. The SMILES string of the molecule is C=COC(=O)Oc1c(C)c2c(c3c1[C@H]1SC[C@]4(NCCc5c4[nH]c4ccccc54)C(=O)COC[C@@H]3N3C1[C@@H]1c4c(cc(C)c(OC)c4OC(=O)OC=C)C[C@H]([C@@H]3C#N)N1C)OCO2. The standard InChI is InChI=1S/C46H45N5O11S/c1-7-57-44(53)61-38-23(4)39-40(60-21-59-39)33-30-18-56-19-31(52)46(43-26(13-14-48-46)25-11-9-10-12-27(25)49-43)20-63-42(34(33)38)36-35-32-24(16-28(50(35)5)29(17-47)51(30)36)15-22(3)37(55-6)41(32)62-45(54)58-8-2/h7-12,15,28-30,35-36,42,48-49H,1-2,13-14,16,18-21H2,3-6H3/t28-,29+,30+,35+,36?,42-,46+/m1/s1. The third kappa shape index (κ3) is 6.06. The molecule has 4 aromatic rings. The summed E-state index contributed by atoms with van der Waals surface area (Å²) < 4.78 is 47.5. The summed E-state index contributed by atoms with van der Waals surface area (Å²) in [5.41, 5.74) is 5.45. The number of thioether (sulfide) groups is 1. The van der Waals surface area contributed by atoms with Gasteiger partial charge in [0.15, 0.2) is 28.8 Å². The predicted molar refractivity (Wildman–Crippen MR) is 228 cm³/mol. The third-order valence-electron chi connectivity index (χ3n) is 13.5. The highest BCUT2D eigenvalue weighted by atomic mass is 32.2. The number of methoxy groups -OCH3 is 1. The number of aryl methyl sites for hydroxylation is 1. The number of nitrogens with zero attached hydrogens (tertiary/aromatic N) is 3. The molecule has 2 saturated heterocycles. The number of rotatable bonds is 5. The number of nitriles is 1. The Morgan fingerprint density at radius 3 is 2.52 bits per heavy atom. The summed E-state index contributed by atoms with van der Waals surface area (Å²) in [4.78, 5) is 49.7. The highest BCUT2D eigenvalue weighted by Gasteiger charge is 2.61. The third-order valence-corrected chi connectivity index (χ3v) is 15.0. The van der Waals surface area contributed by atoms with Crippen molar-refractivity contribution in [3.63, 3.8) is 0 Å². The maximum atomic E-state index is 15.0. The number of Topliss-reactive ketones (excluding diaryl/α,β-unsaturated/α-hetero) is 1. The van der Waals surface area contributed by atoms with Crippen molar-refractivity contribution in [2.45, 2.75) is 67.7 Å². The number of aromatic amines is 1. The fourth-order valence-corrected chi connectivity index (χ4v) is 12.8. The largest absolute Gasteiger partial charge is 0.518 e. The number of aromatic nitrogens is 1. The Labute approximate surface area is 366 Å². The zero-order valence-electron chi connectivity index (χ0n) is 35.1. The van der Waals surface area contributed by atoms with E-state index in [0.717, 1.165) is 45.8 Å². The number of carbonyl (C=O) groups is 3. The Bertz CT molecular complexity index is 2680. The first-order chi connectivity index (χ1) is 30.6. The minimum absolute atomic E-state index is 0.0574. The minimum atomic E-state index is -1.25. The number of hydrogen-bond acceptors (Lipinski definition) is 16. The van der Waals surface area contributed by atoms with Gasteiger partial charge in [0.05, 0.1) is 49.6 Å². The molecule has 0 saturated carbocycles. The van der Waals surface area contributed by atoms with Crippen LogP contribution < -0.4 is 29.0 Å². The molecule has 2 N–H and O–H groups in total. The zero-order chi connectivity index (χ0) is 43.9. The second-order valence-corrected chi connectivity index (χ2v) is 17.6. The summed E-state index contributed by atoms with van der Waals surface area (Å²) in [6.07, 6.45) is 1.09. The van der Waals surface area contributed by atoms with Gasteiger partial charge in [-0.1, -0.05) is 37.4 Å². The molecule has 63 heavy (non-hydrogen) atoms. The molecule has 16 nitrogen and oxygen atoms in total. The topological polar surface area (TPSA) is 183 Å². The minimum Gasteiger partial charge on any atom is -0.493 e. The summed E-state index contributed by atoms with van der Waals surface area (Å²) in [6, 6.07) is 9.62. The van der Waals surface area contributed by atoms with Crippen LogP contribution in [0.3, 0.4) is 0 Å². The van der Waals surface area contributed by atoms with Crippen molar-refractivity contribution < 1.29 is 52.3 Å². The number of H-pyrrole nitrogens is 1. The van der Waals surface area contributed by atoms with Crippen LogP contribution in [0.2, 0.25) is 0 Å². The molecule has 8 heterocycles. The summed E-state index contributed by atoms with van der Waals surface area (Å²) in [6.45, 7) is 10.9. The zero-order valence-corrected chi connectivity index (χ0v) is 35.9. The molecule has 326 valence electrons. The van der Waals surface area contributed by atoms with Gasteiger partial charge >= 0.3 is 12.3 Å². The number of nitrogens with one attached hydrogen (secondary N) is 2. The lowest BCUT2D eigenvalue weighted by Crippen LogP contribution is -2.69. The van der Waals surface area contributed by atoms with E-state index in [0.29, 0.717) is 58.9 Å². The Morgan fingerprint density at radius 2 is 1.78 bits per heavy atom. The van der Waals surface area contributed by atoms with Crippen molar-refractivity contribution >= 4 is 40.8 Å². The van der Waals surface area contributed by atoms with Crippen LogP contribution in [0.4, 0.5) is 9.59 Å². The average molecular weight is 876 g/mol. The number of ketones is 1. The first-order valence-electron chi connectivity index (χ1n) is 20.7. The van der Waals surface area contributed by atoms with Gasteiger partial charge < -0.3 is 42.9 Å². The van der Waals surface area contributed by atoms with Crippen molar-refractivity contribution in [1.29, 1.82) is 5.26 Å². The van der Waals surface area contributed by atoms with Crippen LogP contribution in [0.5, 0.6) is 28.7 Å². The summed E-state index contributed by atoms with van der Waals surface area (Å²) in [5, 5.41) is 15.4. The van der Waals surface area contributed by atoms with E-state index >= 15 is 4.79 Å². The van der Waals surface area contributed by atoms with Crippen molar-refractivity contribution in [3.05, 3.63) is 101 Å². The van der Waals surface area contributed by atoms with Crippen molar-refractivity contribution in [2.75, 3.05) is 46.5 Å². The number of likely N-dealkylation sites (N-methyl/N-ethyl adjacent to an activating group) is 1. The fourth-order valence-electron chi connectivity index (χ4n) is 11.1. The highest BCUT2D eigenvalue weighted by Crippen LogP contribution is 2.64. The van der Waals surface area contributed by atoms with Gasteiger partial charge in [0.2, 0.25) is 6.79 Å². The molecule has 1 aromatic heterocycles. The molecule has 11 rings (SSSR count). The summed E-state index contributed by atoms with van der Waals surface area (Å²) in [7, 11) is 3.48. The molecule has 0 aliphatic carbocycles. The second-order valence-electron chi connectivity index (χ2n) is 16.4. The maximum Gasteiger partial charge on any atom is 0.518 e. The smallest absolute Gasteiger partial charge is 0.493 e. The van der Waals surface area contributed by atoms with E-state index in [1.54, 1.807) is 6.92 Å². The lowest BCUT2D eigenvalue weighted by Gasteiger charge is -2.61. The number of benzene rings is 3. The quantitative estimate of drug-likeness (QED) is 0.126. The first kappa shape index (κ1) is 41.0. The van der Waals surface area contributed by atoms with Crippen LogP contribution in [0.15, 0.2) is 56.0 Å². The maximum absolute atomic E-state index is 15.0. The van der Waals surface area contributed by atoms with Gasteiger partial charge in [0.1, 0.15) is 23.9 Å². The molecule has 4 bridgehead atoms. The van der Waals surface area contributed by atoms with Gasteiger partial charge in [-0.25, -0.2) is 9.59 Å². The van der Waals surface area contributed by atoms with Gasteiger partial charge in [-0.15, -0.1) is 11.8 Å². The van der Waals surface area contributed by atoms with Crippen LogP contribution >= 0.6 is 11.8 Å². The molecule has 17 heteroatoms. The second kappa shape index (κ2) is 15.6. The Kier molecular flexibility index (Phi) is 10.2. The Morgan fingerprint density at radius 1 is 1.03 bits per heavy atom. The van der Waals surface area contributed by atoms with Crippen molar-refractivity contribution in [2.24, 2.45) is 0 Å². The highest BCUT2D eigenvalue weighted by molar-refractivity contribution is 7.99. The summed E-state index contributed by atoms with van der Waals surface area (Å²) in [5.74, 6) is 1.55. The van der Waals surface area contributed by atoms with E-state index in [1.165, 1.54) is 18.9 Å². The summed E-state index contributed by atoms with van der Waals surface area (Å²) >= 11 is 1.50. The Hall–Kier alpha value is -6.03. The monoisotopic (exact) mass is 875 g/mol. The van der Waals surface area contributed by atoms with Crippen LogP contribution in [0, 0.1) is 25.2 Å². The molecule has 3 aromatic carbocycles. The molecule has 1 unspecified atom stereocenters. The molecular weight excluding hydrogens is 831 g/mol. The normalized spacial score (nSPS) is 26.9. The van der Waals surface area contributed by atoms with E-state index in [4.69, 9.17) is 37.9 Å². The van der Waals surface area contributed by atoms with Crippen LogP contribution in [-0.4, -0.2) is 97.5 Å². The van der Waals surface area contributed by atoms with Gasteiger partial charge in [-0.05, 0) is 56.5 Å². The number of ether oxygens (including phenoxy) is 8. The lowest BCUT2D eigenvalue weighted by atomic mass is 9.71. The molecule has 7 atom stereocenters. The van der Waals surface area contributed by atoms with E-state index in [9.17, 15) is 14.9 Å². The molecule has 2 fully saturated rings. The molecular formula is C46H45N5O11S. The molecule has 7 aliphatic rings. The van der Waals surface area contributed by atoms with E-state index in [-0.39, 0.29) is 49.1 Å². The van der Waals surface area contributed by atoms with E-state index < -0.39 is 47.3 Å². The molecule has 1 spiro atoms. The van der Waals surface area contributed by atoms with Crippen LogP contribution in [0.25, 0.3) is 10.9 Å². The van der Waals surface area contributed by atoms with Crippen LogP contribution in [0.1, 0.15) is 62.0 Å². The van der Waals surface area contributed by atoms with Gasteiger partial charge in [-0.2, -0.15) is 5.26 Å². The first-order valence-corrected chi connectivity index (χ1v) is 21.7. The van der Waals surface area contributed by atoms with Gasteiger partial charge in [0, 0.05) is 63.2 Å². The lowest BCUT2D eigenvalue weighted by molar-refractivity contribution is -0.132. The molecule has 0 radical (unpaired) electrons. The number of fused-ring (bicyclic) bond motifs is 12. The fraction of sp³-hybridized carbons (Fsp3) is 0.391. The number of para-hydroxylation sites is 1. The van der Waals surface area contributed by atoms with Gasteiger partial charge in [0.25, 0.3) is 0 Å². The van der Waals surface area contributed by atoms with Crippen molar-refractivity contribution in [1.82, 2.24) is 20.1 Å². The van der Waals surface area contributed by atoms with Crippen molar-refractivity contribution in [3.8, 4) is 34.8 Å². The molecule has 0 amide bonds. The van der Waals surface area contributed by atoms with E-state index in [2.05, 4.69) is 45.4 Å². The Balaban J connectivity index is 1.26. The average Bonchev–Trinajstić information content (AvgIpc) is 3.91.